The smallest absolute Gasteiger partial charge is 0.550 e. The fourth-order valence-corrected chi connectivity index (χ4v) is 4.99. The van der Waals surface area contributed by atoms with Gasteiger partial charge in [0.2, 0.25) is 0 Å². The van der Waals surface area contributed by atoms with E-state index < -0.39 is 17.6 Å². The monoisotopic (exact) mass is 529 g/mol. The number of carbonyl (C=O) groups excluding carboxylic acids is 1. The fourth-order valence-electron chi connectivity index (χ4n) is 4.99. The number of hydrogen-bond donors (Lipinski definition) is 1. The molecule has 1 aromatic heterocycles. The largest absolute Gasteiger partial charge is 1.00 e. The Kier molecular flexibility index (Phi) is 7.21. The van der Waals surface area contributed by atoms with Crippen LogP contribution in [0.15, 0.2) is 48.5 Å². The maximum atomic E-state index is 14.9. The Balaban J connectivity index is 0.00000294. The average Bonchev–Trinajstić information content (AvgIpc) is 3.57. The van der Waals surface area contributed by atoms with Crippen LogP contribution in [0.5, 0.6) is 17.5 Å². The van der Waals surface area contributed by atoms with Gasteiger partial charge in [0.25, 0.3) is 0 Å². The van der Waals surface area contributed by atoms with Crippen molar-refractivity contribution in [3.8, 4) is 23.2 Å². The van der Waals surface area contributed by atoms with Crippen molar-refractivity contribution < 1.29 is 62.4 Å². The van der Waals surface area contributed by atoms with Crippen molar-refractivity contribution in [1.29, 1.82) is 0 Å². The van der Waals surface area contributed by atoms with Crippen molar-refractivity contribution in [2.45, 2.75) is 25.3 Å². The van der Waals surface area contributed by atoms with Gasteiger partial charge in [0.15, 0.2) is 11.6 Å². The Morgan fingerprint density at radius 2 is 2.00 bits per heavy atom. The number of carbonyl (C=O) groups is 1. The van der Waals surface area contributed by atoms with Gasteiger partial charge in [0.05, 0.1) is 30.5 Å². The van der Waals surface area contributed by atoms with E-state index in [1.54, 1.807) is 13.0 Å². The molecule has 3 heterocycles. The summed E-state index contributed by atoms with van der Waals surface area (Å²) in [7, 11) is 0. The Labute approximate surface area is 238 Å². The standard InChI is InChI=1S/C27H23F2N3O5.Na/c1-2-35-27-31-19-9-8-18(28)24(29)25(19)32(27)21-5-3-4-17-20(13-37-26(17)21)30-15-6-7-16-14(10-23(33)34)12-36-22(16)11-15;/h3-9,11,14,20,30H,2,10,12-13H2,1H3,(H,33,34);/q;+1/p-1/t14-,20-;/m1./s1. The van der Waals surface area contributed by atoms with Crippen LogP contribution in [0.1, 0.15) is 36.4 Å². The molecule has 8 nitrogen and oxygen atoms in total. The normalized spacial score (nSPS) is 17.2. The van der Waals surface area contributed by atoms with Gasteiger partial charge >= 0.3 is 35.6 Å². The molecular formula is C27H22F2N3NaO5. The van der Waals surface area contributed by atoms with Crippen molar-refractivity contribution in [3.05, 3.63) is 71.3 Å². The quantitative estimate of drug-likeness (QED) is 0.355. The molecule has 2 atom stereocenters. The maximum absolute atomic E-state index is 14.9. The maximum Gasteiger partial charge on any atom is 1.00 e. The molecule has 2 aliphatic heterocycles. The predicted octanol–water partition coefficient (Wildman–Crippen LogP) is 0.868. The first-order chi connectivity index (χ1) is 17.9. The van der Waals surface area contributed by atoms with Gasteiger partial charge in [-0.25, -0.2) is 8.78 Å². The number of para-hydroxylation sites is 1. The summed E-state index contributed by atoms with van der Waals surface area (Å²) in [6.45, 7) is 2.67. The van der Waals surface area contributed by atoms with Crippen molar-refractivity contribution in [1.82, 2.24) is 9.55 Å². The minimum atomic E-state index is -1.11. The third-order valence-corrected chi connectivity index (χ3v) is 6.63. The number of aliphatic carboxylic acids is 1. The van der Waals surface area contributed by atoms with Crippen molar-refractivity contribution in [2.24, 2.45) is 0 Å². The molecule has 38 heavy (non-hydrogen) atoms. The van der Waals surface area contributed by atoms with E-state index in [9.17, 15) is 18.7 Å². The molecule has 2 aliphatic rings. The van der Waals surface area contributed by atoms with Crippen LogP contribution in [0, 0.1) is 11.6 Å². The molecule has 3 aromatic carbocycles. The summed E-state index contributed by atoms with van der Waals surface area (Å²) in [5.74, 6) is -2.20. The molecule has 0 fully saturated rings. The van der Waals surface area contributed by atoms with E-state index in [0.29, 0.717) is 30.4 Å². The number of carboxylic acids is 1. The third-order valence-electron chi connectivity index (χ3n) is 6.63. The van der Waals surface area contributed by atoms with Crippen LogP contribution in [0.3, 0.4) is 0 Å². The fraction of sp³-hybridized carbons (Fsp3) is 0.259. The molecular weight excluding hydrogens is 507 g/mol. The van der Waals surface area contributed by atoms with E-state index in [-0.39, 0.29) is 71.6 Å². The molecule has 0 bridgehead atoms. The summed E-state index contributed by atoms with van der Waals surface area (Å²) >= 11 is 0. The van der Waals surface area contributed by atoms with E-state index in [4.69, 9.17) is 14.2 Å². The number of aromatic nitrogens is 2. The first-order valence-corrected chi connectivity index (χ1v) is 11.9. The summed E-state index contributed by atoms with van der Waals surface area (Å²) in [6, 6.07) is 13.4. The van der Waals surface area contributed by atoms with Gasteiger partial charge in [-0.1, -0.05) is 18.2 Å². The number of fused-ring (bicyclic) bond motifs is 3. The molecule has 0 amide bonds. The molecule has 11 heteroatoms. The van der Waals surface area contributed by atoms with Crippen LogP contribution in [0.25, 0.3) is 16.7 Å². The molecule has 0 saturated heterocycles. The molecule has 0 spiro atoms. The SMILES string of the molecule is CCOc1nc2ccc(F)c(F)c2n1-c1cccc2c1OC[C@H]2Nc1ccc2c(c1)OC[C@H]2CC(=O)[O-].[Na+]. The zero-order chi connectivity index (χ0) is 25.7. The van der Waals surface area contributed by atoms with Gasteiger partial charge in [-0.2, -0.15) is 4.98 Å². The number of hydrogen-bond acceptors (Lipinski definition) is 7. The van der Waals surface area contributed by atoms with Crippen LogP contribution in [0.4, 0.5) is 14.5 Å². The van der Waals surface area contributed by atoms with Crippen LogP contribution in [-0.2, 0) is 4.79 Å². The molecule has 0 radical (unpaired) electrons. The Hall–Kier alpha value is -3.34. The minimum absolute atomic E-state index is 0. The number of anilines is 1. The number of ether oxygens (including phenoxy) is 3. The van der Waals surface area contributed by atoms with E-state index in [0.717, 1.165) is 22.9 Å². The van der Waals surface area contributed by atoms with Gasteiger partial charge in [-0.05, 0) is 37.6 Å². The number of rotatable bonds is 7. The van der Waals surface area contributed by atoms with Gasteiger partial charge in [0, 0.05) is 34.8 Å². The minimum Gasteiger partial charge on any atom is -0.550 e. The Morgan fingerprint density at radius 1 is 1.16 bits per heavy atom. The van der Waals surface area contributed by atoms with E-state index in [1.807, 2.05) is 30.3 Å². The number of benzene rings is 3. The van der Waals surface area contributed by atoms with Crippen molar-refractivity contribution in [2.75, 3.05) is 25.1 Å². The van der Waals surface area contributed by atoms with Gasteiger partial charge in [-0.15, -0.1) is 0 Å². The summed E-state index contributed by atoms with van der Waals surface area (Å²) < 4.78 is 48.0. The Bertz CT molecular complexity index is 1540. The molecule has 0 unspecified atom stereocenters. The zero-order valence-electron chi connectivity index (χ0n) is 20.8. The Morgan fingerprint density at radius 3 is 2.79 bits per heavy atom. The molecule has 0 saturated carbocycles. The predicted molar refractivity (Wildman–Crippen MR) is 128 cm³/mol. The molecule has 1 N–H and O–H groups in total. The summed E-state index contributed by atoms with van der Waals surface area (Å²) in [5.41, 5.74) is 3.16. The zero-order valence-corrected chi connectivity index (χ0v) is 22.8. The average molecular weight is 529 g/mol. The van der Waals surface area contributed by atoms with Crippen molar-refractivity contribution >= 4 is 22.7 Å². The van der Waals surface area contributed by atoms with Crippen LogP contribution >= 0.6 is 0 Å². The first kappa shape index (κ1) is 26.3. The molecule has 6 rings (SSSR count). The van der Waals surface area contributed by atoms with Gasteiger partial charge in [-0.3, -0.25) is 4.57 Å². The van der Waals surface area contributed by atoms with E-state index >= 15 is 0 Å². The number of imidazole rings is 1. The molecule has 0 aliphatic carbocycles. The number of nitrogens with zero attached hydrogens (tertiary/aromatic N) is 2. The van der Waals surface area contributed by atoms with E-state index in [1.165, 1.54) is 10.6 Å². The van der Waals surface area contributed by atoms with Crippen LogP contribution in [0.2, 0.25) is 0 Å². The van der Waals surface area contributed by atoms with Crippen LogP contribution in [-0.4, -0.2) is 35.3 Å². The van der Waals surface area contributed by atoms with Crippen molar-refractivity contribution in [3.63, 3.8) is 0 Å². The van der Waals surface area contributed by atoms with Crippen LogP contribution < -0.4 is 54.2 Å². The summed E-state index contributed by atoms with van der Waals surface area (Å²) in [4.78, 5) is 15.4. The first-order valence-electron chi connectivity index (χ1n) is 11.9. The summed E-state index contributed by atoms with van der Waals surface area (Å²) in [5, 5.41) is 14.4. The van der Waals surface area contributed by atoms with Gasteiger partial charge < -0.3 is 29.4 Å². The third kappa shape index (κ3) is 4.46. The number of halogens is 2. The van der Waals surface area contributed by atoms with E-state index in [2.05, 4.69) is 10.3 Å². The molecule has 190 valence electrons. The second-order valence-corrected chi connectivity index (χ2v) is 8.93. The number of carboxylic acid groups (broad SMARTS) is 1. The second-order valence-electron chi connectivity index (χ2n) is 8.93. The van der Waals surface area contributed by atoms with Gasteiger partial charge in [0.1, 0.15) is 23.6 Å². The summed E-state index contributed by atoms with van der Waals surface area (Å²) in [6.07, 6.45) is -0.0937. The number of nitrogens with one attached hydrogen (secondary N) is 1. The molecule has 4 aromatic rings. The topological polar surface area (TPSA) is 97.7 Å². The second kappa shape index (κ2) is 10.4.